The third kappa shape index (κ3) is 2.29. The average molecular weight is 294 g/mol. The molecule has 3 rings (SSSR count). The minimum Gasteiger partial charge on any atom is -0.320 e. The lowest BCUT2D eigenvalue weighted by Gasteiger charge is -2.06. The topological polar surface area (TPSA) is 72.2 Å². The van der Waals surface area contributed by atoms with Crippen molar-refractivity contribution in [2.75, 3.05) is 5.32 Å². The number of halogens is 1. The molecule has 0 saturated heterocycles. The highest BCUT2D eigenvalue weighted by Crippen LogP contribution is 2.21. The first kappa shape index (κ1) is 12.1. The first-order valence-corrected chi connectivity index (χ1v) is 6.57. The van der Waals surface area contributed by atoms with Crippen LogP contribution in [0.5, 0.6) is 0 Å². The summed E-state index contributed by atoms with van der Waals surface area (Å²) in [6.07, 6.45) is 1.45. The van der Waals surface area contributed by atoms with Crippen molar-refractivity contribution in [3.63, 3.8) is 0 Å². The van der Waals surface area contributed by atoms with E-state index in [-0.39, 0.29) is 5.91 Å². The molecule has 6 nitrogen and oxygen atoms in total. The summed E-state index contributed by atoms with van der Waals surface area (Å²) in [7, 11) is 0. The zero-order chi connectivity index (χ0) is 13.4. The van der Waals surface area contributed by atoms with Gasteiger partial charge in [0.25, 0.3) is 5.91 Å². The lowest BCUT2D eigenvalue weighted by atomic mass is 10.2. The molecule has 1 amide bonds. The van der Waals surface area contributed by atoms with E-state index in [1.54, 1.807) is 12.1 Å². The third-order valence-electron chi connectivity index (χ3n) is 2.53. The molecule has 0 saturated carbocycles. The third-order valence-corrected chi connectivity index (χ3v) is 3.68. The van der Waals surface area contributed by atoms with E-state index in [0.717, 1.165) is 5.56 Å². The number of nitrogens with one attached hydrogen (secondary N) is 1. The predicted octanol–water partition coefficient (Wildman–Crippen LogP) is 2.40. The largest absolute Gasteiger partial charge is 0.320 e. The van der Waals surface area contributed by atoms with Crippen LogP contribution in [0.15, 0.2) is 24.5 Å². The fraction of sp³-hybridized carbons (Fsp3) is 0.0909. The number of anilines is 1. The normalized spacial score (nSPS) is 10.8. The minimum atomic E-state index is -0.291. The molecule has 2 heterocycles. The van der Waals surface area contributed by atoms with Crippen LogP contribution >= 0.6 is 22.9 Å². The number of nitrogens with zero attached hydrogens (tertiary/aromatic N) is 4. The van der Waals surface area contributed by atoms with Crippen LogP contribution < -0.4 is 5.32 Å². The quantitative estimate of drug-likeness (QED) is 0.787. The molecule has 19 heavy (non-hydrogen) atoms. The molecule has 0 aliphatic rings. The van der Waals surface area contributed by atoms with E-state index in [4.69, 9.17) is 11.6 Å². The highest BCUT2D eigenvalue weighted by atomic mass is 35.5. The van der Waals surface area contributed by atoms with Crippen molar-refractivity contribution in [3.8, 4) is 0 Å². The van der Waals surface area contributed by atoms with Crippen molar-refractivity contribution in [1.29, 1.82) is 0 Å². The maximum absolute atomic E-state index is 12.1. The van der Waals surface area contributed by atoms with Crippen LogP contribution in [0, 0.1) is 6.92 Å². The van der Waals surface area contributed by atoms with E-state index >= 15 is 0 Å². The Labute approximate surface area is 117 Å². The van der Waals surface area contributed by atoms with Crippen molar-refractivity contribution < 1.29 is 4.79 Å². The Morgan fingerprint density at radius 3 is 3.11 bits per heavy atom. The van der Waals surface area contributed by atoms with Gasteiger partial charge in [-0.15, -0.1) is 15.3 Å². The van der Waals surface area contributed by atoms with Crippen molar-refractivity contribution in [2.45, 2.75) is 6.92 Å². The summed E-state index contributed by atoms with van der Waals surface area (Å²) >= 11 is 7.08. The number of aryl methyl sites for hydroxylation is 1. The van der Waals surface area contributed by atoms with E-state index in [1.165, 1.54) is 22.2 Å². The van der Waals surface area contributed by atoms with Gasteiger partial charge in [0, 0.05) is 10.7 Å². The van der Waals surface area contributed by atoms with Crippen LogP contribution in [0.3, 0.4) is 0 Å². The fourth-order valence-corrected chi connectivity index (χ4v) is 2.44. The molecule has 0 unspecified atom stereocenters. The van der Waals surface area contributed by atoms with Crippen molar-refractivity contribution in [3.05, 3.63) is 40.1 Å². The van der Waals surface area contributed by atoms with Crippen LogP contribution in [0.2, 0.25) is 5.02 Å². The minimum absolute atomic E-state index is 0.291. The van der Waals surface area contributed by atoms with Gasteiger partial charge in [0.05, 0.1) is 0 Å². The molecule has 0 aliphatic carbocycles. The Hall–Kier alpha value is -1.99. The van der Waals surface area contributed by atoms with Crippen LogP contribution in [0.1, 0.15) is 15.4 Å². The molecule has 0 spiro atoms. The maximum Gasteiger partial charge on any atom is 0.286 e. The number of carbonyl (C=O) groups is 1. The Bertz CT molecular complexity index is 737. The molecular weight excluding hydrogens is 286 g/mol. The van der Waals surface area contributed by atoms with Gasteiger partial charge in [-0.25, -0.2) is 0 Å². The summed E-state index contributed by atoms with van der Waals surface area (Å²) in [5.41, 5.74) is 1.60. The van der Waals surface area contributed by atoms with Gasteiger partial charge in [-0.1, -0.05) is 29.0 Å². The zero-order valence-electron chi connectivity index (χ0n) is 9.79. The molecule has 0 radical (unpaired) electrons. The molecule has 0 atom stereocenters. The molecule has 3 aromatic rings. The highest BCUT2D eigenvalue weighted by molar-refractivity contribution is 7.18. The molecule has 1 aromatic carbocycles. The summed E-state index contributed by atoms with van der Waals surface area (Å²) in [5.74, 6) is -0.291. The van der Waals surface area contributed by atoms with E-state index in [2.05, 4.69) is 20.6 Å². The summed E-state index contributed by atoms with van der Waals surface area (Å²) in [6.45, 7) is 1.89. The molecular formula is C11H8ClN5OS. The number of aromatic nitrogens is 4. The van der Waals surface area contributed by atoms with E-state index in [0.29, 0.717) is 20.7 Å². The standard InChI is InChI=1S/C11H8ClN5OS/c1-6-2-3-7(12)4-8(6)14-9(18)10-16-17-5-13-15-11(17)19-10/h2-5H,1H3,(H,14,18). The SMILES string of the molecule is Cc1ccc(Cl)cc1NC(=O)c1nn2cnnc2s1. The Morgan fingerprint density at radius 1 is 1.47 bits per heavy atom. The number of hydrogen-bond acceptors (Lipinski definition) is 5. The molecule has 2 aromatic heterocycles. The molecule has 0 aliphatic heterocycles. The fourth-order valence-electron chi connectivity index (χ4n) is 1.56. The van der Waals surface area contributed by atoms with Crippen LogP contribution in [-0.2, 0) is 0 Å². The molecule has 96 valence electrons. The number of benzene rings is 1. The van der Waals surface area contributed by atoms with Crippen molar-refractivity contribution in [2.24, 2.45) is 0 Å². The van der Waals surface area contributed by atoms with Gasteiger partial charge in [-0.2, -0.15) is 4.52 Å². The van der Waals surface area contributed by atoms with E-state index < -0.39 is 0 Å². The lowest BCUT2D eigenvalue weighted by molar-refractivity contribution is 0.102. The van der Waals surface area contributed by atoms with Gasteiger partial charge in [-0.3, -0.25) is 4.79 Å². The van der Waals surface area contributed by atoms with Gasteiger partial charge >= 0.3 is 0 Å². The second-order valence-electron chi connectivity index (χ2n) is 3.88. The number of hydrogen-bond donors (Lipinski definition) is 1. The summed E-state index contributed by atoms with van der Waals surface area (Å²) in [5, 5.41) is 15.3. The predicted molar refractivity (Wildman–Crippen MR) is 72.8 cm³/mol. The molecule has 1 N–H and O–H groups in total. The first-order chi connectivity index (χ1) is 9.13. The molecule has 0 bridgehead atoms. The van der Waals surface area contributed by atoms with Crippen LogP contribution in [-0.4, -0.2) is 25.7 Å². The summed E-state index contributed by atoms with van der Waals surface area (Å²) in [4.78, 5) is 12.7. The van der Waals surface area contributed by atoms with Gasteiger partial charge in [0.1, 0.15) is 6.33 Å². The highest BCUT2D eigenvalue weighted by Gasteiger charge is 2.14. The van der Waals surface area contributed by atoms with E-state index in [1.807, 2.05) is 13.0 Å². The van der Waals surface area contributed by atoms with Gasteiger partial charge in [-0.05, 0) is 24.6 Å². The summed E-state index contributed by atoms with van der Waals surface area (Å²) in [6, 6.07) is 5.32. The van der Waals surface area contributed by atoms with Gasteiger partial charge in [0.2, 0.25) is 9.97 Å². The van der Waals surface area contributed by atoms with Gasteiger partial charge < -0.3 is 5.32 Å². The second-order valence-corrected chi connectivity index (χ2v) is 5.27. The van der Waals surface area contributed by atoms with E-state index in [9.17, 15) is 4.79 Å². The average Bonchev–Trinajstić information content (AvgIpc) is 2.94. The monoisotopic (exact) mass is 293 g/mol. The molecule has 0 fully saturated rings. The van der Waals surface area contributed by atoms with Crippen molar-refractivity contribution >= 4 is 39.5 Å². The lowest BCUT2D eigenvalue weighted by Crippen LogP contribution is -2.12. The Kier molecular flexibility index (Phi) is 2.92. The number of carbonyl (C=O) groups excluding carboxylic acids is 1. The molecule has 8 heteroatoms. The van der Waals surface area contributed by atoms with Gasteiger partial charge in [0.15, 0.2) is 0 Å². The summed E-state index contributed by atoms with van der Waals surface area (Å²) < 4.78 is 1.46. The van der Waals surface area contributed by atoms with Crippen molar-refractivity contribution in [1.82, 2.24) is 19.8 Å². The smallest absolute Gasteiger partial charge is 0.286 e. The maximum atomic E-state index is 12.1. The zero-order valence-corrected chi connectivity index (χ0v) is 11.4. The second kappa shape index (κ2) is 4.60. The Balaban J connectivity index is 1.88. The number of rotatable bonds is 2. The Morgan fingerprint density at radius 2 is 2.32 bits per heavy atom. The first-order valence-electron chi connectivity index (χ1n) is 5.38. The number of amides is 1. The number of fused-ring (bicyclic) bond motifs is 1. The van der Waals surface area contributed by atoms with Crippen LogP contribution in [0.25, 0.3) is 4.96 Å². The van der Waals surface area contributed by atoms with Crippen LogP contribution in [0.4, 0.5) is 5.69 Å².